The van der Waals surface area contributed by atoms with Crippen LogP contribution in [0.5, 0.6) is 0 Å². The van der Waals surface area contributed by atoms with Crippen molar-refractivity contribution in [1.29, 1.82) is 0 Å². The molecule has 5 nitrogen and oxygen atoms in total. The summed E-state index contributed by atoms with van der Waals surface area (Å²) in [4.78, 5) is 28.9. The van der Waals surface area contributed by atoms with Gasteiger partial charge in [0.25, 0.3) is 5.91 Å². The van der Waals surface area contributed by atoms with Gasteiger partial charge in [-0.15, -0.1) is 6.42 Å². The average molecular weight is 406 g/mol. The first-order valence-electron chi connectivity index (χ1n) is 9.23. The van der Waals surface area contributed by atoms with Gasteiger partial charge < -0.3 is 9.88 Å². The molecule has 0 aliphatic heterocycles. The Kier molecular flexibility index (Phi) is 5.71. The monoisotopic (exact) mass is 405 g/mol. The predicted molar refractivity (Wildman–Crippen MR) is 118 cm³/mol. The summed E-state index contributed by atoms with van der Waals surface area (Å²) in [5.74, 6) is 2.16. The van der Waals surface area contributed by atoms with Gasteiger partial charge in [-0.05, 0) is 41.3 Å². The summed E-state index contributed by atoms with van der Waals surface area (Å²) < 4.78 is 2.72. The van der Waals surface area contributed by atoms with Crippen LogP contribution < -0.4 is 10.1 Å². The van der Waals surface area contributed by atoms with Gasteiger partial charge in [-0.3, -0.25) is 9.59 Å². The molecule has 0 spiro atoms. The highest BCUT2D eigenvalue weighted by molar-refractivity contribution is 7.16. The number of nitrogens with zero attached hydrogens (tertiary/aromatic N) is 2. The number of carbonyl (C=O) groups is 2. The molecule has 0 fully saturated rings. The molecule has 0 unspecified atom stereocenters. The maximum absolute atomic E-state index is 12.7. The molecule has 29 heavy (non-hydrogen) atoms. The molecule has 0 aliphatic carbocycles. The van der Waals surface area contributed by atoms with Crippen LogP contribution in [0.2, 0.25) is 0 Å². The molecule has 3 aromatic rings. The molecule has 2 amide bonds. The molecule has 1 N–H and O–H groups in total. The largest absolute Gasteiger partial charge is 0.326 e. The van der Waals surface area contributed by atoms with Crippen molar-refractivity contribution in [2.24, 2.45) is 4.99 Å². The molecule has 0 aliphatic rings. The van der Waals surface area contributed by atoms with Crippen molar-refractivity contribution in [2.45, 2.75) is 39.7 Å². The molecule has 0 saturated carbocycles. The van der Waals surface area contributed by atoms with Crippen LogP contribution in [-0.4, -0.2) is 16.4 Å². The minimum Gasteiger partial charge on any atom is -0.326 e. The first-order valence-corrected chi connectivity index (χ1v) is 10.0. The molecule has 1 aromatic heterocycles. The van der Waals surface area contributed by atoms with Crippen LogP contribution >= 0.6 is 11.3 Å². The van der Waals surface area contributed by atoms with E-state index in [0.29, 0.717) is 22.6 Å². The maximum atomic E-state index is 12.7. The molecule has 1 heterocycles. The van der Waals surface area contributed by atoms with Crippen molar-refractivity contribution < 1.29 is 9.59 Å². The first kappa shape index (κ1) is 20.6. The third-order valence-electron chi connectivity index (χ3n) is 4.45. The Balaban J connectivity index is 2.03. The van der Waals surface area contributed by atoms with Gasteiger partial charge in [0, 0.05) is 18.2 Å². The Labute approximate surface area is 174 Å². The lowest BCUT2D eigenvalue weighted by Gasteiger charge is -2.18. The quantitative estimate of drug-likeness (QED) is 0.659. The Morgan fingerprint density at radius 2 is 1.86 bits per heavy atom. The summed E-state index contributed by atoms with van der Waals surface area (Å²) in [6.07, 6.45) is 5.52. The fraction of sp³-hybridized carbons (Fsp3) is 0.261. The number of fused-ring (bicyclic) bond motifs is 1. The SMILES string of the molecule is C#CCn1c(=NC(=O)c2ccc(C(C)(C)C)cc2)sc2cc(NC(C)=O)ccc21. The minimum atomic E-state index is -0.315. The van der Waals surface area contributed by atoms with Gasteiger partial charge in [0.1, 0.15) is 0 Å². The smallest absolute Gasteiger partial charge is 0.279 e. The Bertz CT molecular complexity index is 1190. The van der Waals surface area contributed by atoms with E-state index in [4.69, 9.17) is 6.42 Å². The molecule has 0 saturated heterocycles. The molecule has 148 valence electrons. The van der Waals surface area contributed by atoms with E-state index < -0.39 is 0 Å². The molecule has 0 bridgehead atoms. The summed E-state index contributed by atoms with van der Waals surface area (Å²) in [6, 6.07) is 13.1. The number of anilines is 1. The lowest BCUT2D eigenvalue weighted by molar-refractivity contribution is -0.114. The van der Waals surface area contributed by atoms with Crippen molar-refractivity contribution in [1.82, 2.24) is 4.57 Å². The first-order chi connectivity index (χ1) is 13.7. The van der Waals surface area contributed by atoms with Crippen LogP contribution in [0.15, 0.2) is 47.5 Å². The average Bonchev–Trinajstić information content (AvgIpc) is 2.97. The summed E-state index contributed by atoms with van der Waals surface area (Å²) in [5, 5.41) is 2.76. The highest BCUT2D eigenvalue weighted by Gasteiger charge is 2.15. The topological polar surface area (TPSA) is 63.5 Å². The molecule has 6 heteroatoms. The number of benzene rings is 2. The number of hydrogen-bond acceptors (Lipinski definition) is 3. The Morgan fingerprint density at radius 1 is 1.17 bits per heavy atom. The van der Waals surface area contributed by atoms with E-state index in [1.54, 1.807) is 18.2 Å². The van der Waals surface area contributed by atoms with Gasteiger partial charge in [-0.25, -0.2) is 0 Å². The normalized spacial score (nSPS) is 12.0. The van der Waals surface area contributed by atoms with Gasteiger partial charge >= 0.3 is 0 Å². The number of aromatic nitrogens is 1. The Hall–Kier alpha value is -3.17. The van der Waals surface area contributed by atoms with E-state index in [9.17, 15) is 9.59 Å². The summed E-state index contributed by atoms with van der Waals surface area (Å²) in [7, 11) is 0. The lowest BCUT2D eigenvalue weighted by atomic mass is 9.87. The number of amides is 2. The zero-order chi connectivity index (χ0) is 21.2. The predicted octanol–water partition coefficient (Wildman–Crippen LogP) is 4.33. The van der Waals surface area contributed by atoms with E-state index in [1.165, 1.54) is 18.3 Å². The third kappa shape index (κ3) is 4.64. The van der Waals surface area contributed by atoms with E-state index in [2.05, 4.69) is 37.0 Å². The molecule has 0 atom stereocenters. The standard InChI is InChI=1S/C23H23N3O2S/c1-6-13-26-19-12-11-18(24-15(2)27)14-20(19)29-22(26)25-21(28)16-7-9-17(10-8-16)23(3,4)5/h1,7-12,14H,13H2,2-5H3,(H,24,27). The minimum absolute atomic E-state index is 0.0195. The Morgan fingerprint density at radius 3 is 2.45 bits per heavy atom. The van der Waals surface area contributed by atoms with Crippen molar-refractivity contribution in [3.8, 4) is 12.3 Å². The van der Waals surface area contributed by atoms with Gasteiger partial charge in [-0.2, -0.15) is 4.99 Å². The van der Waals surface area contributed by atoms with Crippen molar-refractivity contribution in [3.05, 3.63) is 58.4 Å². The van der Waals surface area contributed by atoms with E-state index in [0.717, 1.165) is 15.8 Å². The second-order valence-electron chi connectivity index (χ2n) is 7.78. The van der Waals surface area contributed by atoms with Crippen LogP contribution in [0.25, 0.3) is 10.2 Å². The molecule has 0 radical (unpaired) electrons. The summed E-state index contributed by atoms with van der Waals surface area (Å²) >= 11 is 1.36. The number of nitrogens with one attached hydrogen (secondary N) is 1. The zero-order valence-electron chi connectivity index (χ0n) is 16.9. The number of carbonyl (C=O) groups excluding carboxylic acids is 2. The number of hydrogen-bond donors (Lipinski definition) is 1. The van der Waals surface area contributed by atoms with Gasteiger partial charge in [-0.1, -0.05) is 50.2 Å². The molecule has 2 aromatic carbocycles. The fourth-order valence-corrected chi connectivity index (χ4v) is 4.01. The van der Waals surface area contributed by atoms with Gasteiger partial charge in [0.2, 0.25) is 5.91 Å². The highest BCUT2D eigenvalue weighted by Crippen LogP contribution is 2.23. The zero-order valence-corrected chi connectivity index (χ0v) is 17.8. The number of rotatable bonds is 3. The fourth-order valence-electron chi connectivity index (χ4n) is 2.95. The van der Waals surface area contributed by atoms with Gasteiger partial charge in [0.15, 0.2) is 4.80 Å². The van der Waals surface area contributed by atoms with E-state index >= 15 is 0 Å². The molecular weight excluding hydrogens is 382 g/mol. The van der Waals surface area contributed by atoms with Crippen molar-refractivity contribution in [3.63, 3.8) is 0 Å². The molecule has 3 rings (SSSR count). The van der Waals surface area contributed by atoms with Gasteiger partial charge in [0.05, 0.1) is 16.8 Å². The summed E-state index contributed by atoms with van der Waals surface area (Å²) in [5.41, 5.74) is 3.27. The second-order valence-corrected chi connectivity index (χ2v) is 8.79. The number of terminal acetylenes is 1. The van der Waals surface area contributed by atoms with Crippen LogP contribution in [0.1, 0.15) is 43.6 Å². The van der Waals surface area contributed by atoms with Crippen molar-refractivity contribution in [2.75, 3.05) is 5.32 Å². The number of thiazole rings is 1. The van der Waals surface area contributed by atoms with Crippen LogP contribution in [0.4, 0.5) is 5.69 Å². The third-order valence-corrected chi connectivity index (χ3v) is 5.49. The van der Waals surface area contributed by atoms with Crippen LogP contribution in [0.3, 0.4) is 0 Å². The molecular formula is C23H23N3O2S. The summed E-state index contributed by atoms with van der Waals surface area (Å²) in [6.45, 7) is 8.14. The second kappa shape index (κ2) is 8.06. The van der Waals surface area contributed by atoms with Crippen molar-refractivity contribution >= 4 is 39.1 Å². The lowest BCUT2D eigenvalue weighted by Crippen LogP contribution is -2.16. The van der Waals surface area contributed by atoms with E-state index in [-0.39, 0.29) is 17.2 Å². The van der Waals surface area contributed by atoms with Crippen LogP contribution in [-0.2, 0) is 16.8 Å². The van der Waals surface area contributed by atoms with E-state index in [1.807, 2.05) is 28.8 Å². The van der Waals surface area contributed by atoms with Crippen LogP contribution in [0, 0.1) is 12.3 Å². The highest BCUT2D eigenvalue weighted by atomic mass is 32.1. The maximum Gasteiger partial charge on any atom is 0.279 e.